The van der Waals surface area contributed by atoms with Crippen molar-refractivity contribution < 1.29 is 9.53 Å². The number of thiazole rings is 1. The molecule has 1 atom stereocenters. The van der Waals surface area contributed by atoms with Crippen LogP contribution in [0.2, 0.25) is 0 Å². The number of anilines is 1. The Balaban J connectivity index is 1.54. The summed E-state index contributed by atoms with van der Waals surface area (Å²) in [6, 6.07) is 1.98. The topological polar surface area (TPSA) is 71.5 Å². The SMILES string of the molecule is Cc1cc(C)nc(N2CCOCC3(CC(=O)N(Cc4cncs4)C3)C2)n1. The second-order valence-electron chi connectivity index (χ2n) is 7.32. The van der Waals surface area contributed by atoms with Crippen molar-refractivity contribution in [3.05, 3.63) is 34.0 Å². The molecule has 7 nitrogen and oxygen atoms in total. The Hall–Kier alpha value is -2.06. The van der Waals surface area contributed by atoms with Crippen LogP contribution in [0.4, 0.5) is 5.95 Å². The van der Waals surface area contributed by atoms with E-state index < -0.39 is 0 Å². The van der Waals surface area contributed by atoms with Crippen molar-refractivity contribution in [3.8, 4) is 0 Å². The fourth-order valence-corrected chi connectivity index (χ4v) is 4.46. The Kier molecular flexibility index (Phi) is 4.62. The molecule has 0 bridgehead atoms. The fourth-order valence-electron chi connectivity index (χ4n) is 3.85. The lowest BCUT2D eigenvalue weighted by molar-refractivity contribution is -0.128. The summed E-state index contributed by atoms with van der Waals surface area (Å²) in [7, 11) is 0. The Labute approximate surface area is 157 Å². The van der Waals surface area contributed by atoms with Crippen LogP contribution >= 0.6 is 11.3 Å². The Morgan fingerprint density at radius 1 is 1.27 bits per heavy atom. The van der Waals surface area contributed by atoms with Gasteiger partial charge < -0.3 is 14.5 Å². The molecule has 4 heterocycles. The molecule has 0 aliphatic carbocycles. The van der Waals surface area contributed by atoms with E-state index in [4.69, 9.17) is 4.74 Å². The second kappa shape index (κ2) is 6.92. The van der Waals surface area contributed by atoms with Gasteiger partial charge in [0.25, 0.3) is 0 Å². The number of aryl methyl sites for hydroxylation is 2. The third kappa shape index (κ3) is 3.57. The third-order valence-electron chi connectivity index (χ3n) is 4.93. The first-order valence-electron chi connectivity index (χ1n) is 8.83. The summed E-state index contributed by atoms with van der Waals surface area (Å²) in [5, 5.41) is 0. The van der Waals surface area contributed by atoms with E-state index in [0.717, 1.165) is 35.3 Å². The monoisotopic (exact) mass is 373 g/mol. The van der Waals surface area contributed by atoms with Crippen LogP contribution in [-0.4, -0.2) is 58.6 Å². The Morgan fingerprint density at radius 2 is 2.08 bits per heavy atom. The number of amides is 1. The number of carbonyl (C=O) groups is 1. The molecule has 0 aromatic carbocycles. The molecule has 2 aliphatic rings. The molecule has 8 heteroatoms. The largest absolute Gasteiger partial charge is 0.379 e. The molecule has 1 amide bonds. The van der Waals surface area contributed by atoms with Gasteiger partial charge >= 0.3 is 0 Å². The minimum Gasteiger partial charge on any atom is -0.379 e. The molecule has 2 fully saturated rings. The number of hydrogen-bond donors (Lipinski definition) is 0. The maximum absolute atomic E-state index is 12.6. The van der Waals surface area contributed by atoms with Crippen LogP contribution in [0.5, 0.6) is 0 Å². The van der Waals surface area contributed by atoms with Crippen LogP contribution < -0.4 is 4.90 Å². The van der Waals surface area contributed by atoms with Gasteiger partial charge in [0, 0.05) is 53.9 Å². The quantitative estimate of drug-likeness (QED) is 0.817. The number of carbonyl (C=O) groups excluding carboxylic acids is 1. The molecular formula is C18H23N5O2S. The van der Waals surface area contributed by atoms with Crippen LogP contribution in [0.3, 0.4) is 0 Å². The van der Waals surface area contributed by atoms with Crippen molar-refractivity contribution in [1.29, 1.82) is 0 Å². The number of likely N-dealkylation sites (tertiary alicyclic amines) is 1. The van der Waals surface area contributed by atoms with Gasteiger partial charge in [0.2, 0.25) is 11.9 Å². The number of nitrogens with zero attached hydrogens (tertiary/aromatic N) is 5. The van der Waals surface area contributed by atoms with Gasteiger partial charge in [-0.05, 0) is 19.9 Å². The first-order valence-corrected chi connectivity index (χ1v) is 9.71. The van der Waals surface area contributed by atoms with Gasteiger partial charge in [0.15, 0.2) is 0 Å². The highest BCUT2D eigenvalue weighted by Crippen LogP contribution is 2.36. The van der Waals surface area contributed by atoms with Gasteiger partial charge in [-0.1, -0.05) is 0 Å². The lowest BCUT2D eigenvalue weighted by Crippen LogP contribution is -2.41. The summed E-state index contributed by atoms with van der Waals surface area (Å²) < 4.78 is 5.89. The first-order chi connectivity index (χ1) is 12.5. The van der Waals surface area contributed by atoms with E-state index in [1.807, 2.05) is 31.0 Å². The zero-order chi connectivity index (χ0) is 18.1. The predicted octanol–water partition coefficient (Wildman–Crippen LogP) is 1.81. The molecule has 26 heavy (non-hydrogen) atoms. The zero-order valence-electron chi connectivity index (χ0n) is 15.1. The van der Waals surface area contributed by atoms with E-state index in [9.17, 15) is 4.79 Å². The smallest absolute Gasteiger partial charge is 0.225 e. The van der Waals surface area contributed by atoms with E-state index in [2.05, 4.69) is 19.9 Å². The summed E-state index contributed by atoms with van der Waals surface area (Å²) in [5.41, 5.74) is 3.51. The lowest BCUT2D eigenvalue weighted by Gasteiger charge is -2.31. The molecule has 1 unspecified atom stereocenters. The summed E-state index contributed by atoms with van der Waals surface area (Å²) in [4.78, 5) is 31.2. The average Bonchev–Trinajstić information content (AvgIpc) is 3.12. The highest BCUT2D eigenvalue weighted by molar-refractivity contribution is 7.09. The molecule has 4 rings (SSSR count). The highest BCUT2D eigenvalue weighted by Gasteiger charge is 2.46. The number of aromatic nitrogens is 3. The first kappa shape index (κ1) is 17.4. The van der Waals surface area contributed by atoms with Crippen LogP contribution in [0.25, 0.3) is 0 Å². The van der Waals surface area contributed by atoms with E-state index in [-0.39, 0.29) is 11.3 Å². The maximum atomic E-state index is 12.6. The van der Waals surface area contributed by atoms with E-state index in [1.54, 1.807) is 16.8 Å². The van der Waals surface area contributed by atoms with Crippen LogP contribution in [0.15, 0.2) is 17.8 Å². The van der Waals surface area contributed by atoms with Gasteiger partial charge in [-0.25, -0.2) is 9.97 Å². The molecule has 0 N–H and O–H groups in total. The molecule has 0 saturated carbocycles. The third-order valence-corrected chi connectivity index (χ3v) is 5.69. The van der Waals surface area contributed by atoms with Gasteiger partial charge in [0.05, 0.1) is 25.3 Å². The molecule has 0 radical (unpaired) electrons. The van der Waals surface area contributed by atoms with E-state index in [1.165, 1.54) is 0 Å². The Bertz CT molecular complexity index is 777. The lowest BCUT2D eigenvalue weighted by atomic mass is 9.87. The number of ether oxygens (including phenoxy) is 1. The van der Waals surface area contributed by atoms with E-state index >= 15 is 0 Å². The normalized spacial score (nSPS) is 23.7. The average molecular weight is 373 g/mol. The highest BCUT2D eigenvalue weighted by atomic mass is 32.1. The number of hydrogen-bond acceptors (Lipinski definition) is 7. The van der Waals surface area contributed by atoms with Crippen molar-refractivity contribution in [2.24, 2.45) is 5.41 Å². The summed E-state index contributed by atoms with van der Waals surface area (Å²) >= 11 is 1.58. The predicted molar refractivity (Wildman–Crippen MR) is 99.1 cm³/mol. The molecule has 2 aromatic rings. The molecule has 2 aromatic heterocycles. The van der Waals surface area contributed by atoms with Crippen molar-refractivity contribution in [2.75, 3.05) is 37.7 Å². The standard InChI is InChI=1S/C18H23N5O2S/c1-13-5-14(2)21-17(20-13)22-3-4-25-11-18(9-22)6-16(24)23(10-18)8-15-7-19-12-26-15/h5,7,12H,3-4,6,8-11H2,1-2H3. The summed E-state index contributed by atoms with van der Waals surface area (Å²) in [6.07, 6.45) is 2.34. The maximum Gasteiger partial charge on any atom is 0.225 e. The molecule has 2 saturated heterocycles. The van der Waals surface area contributed by atoms with Gasteiger partial charge in [-0.2, -0.15) is 0 Å². The fraction of sp³-hybridized carbons (Fsp3) is 0.556. The van der Waals surface area contributed by atoms with Crippen LogP contribution in [-0.2, 0) is 16.1 Å². The summed E-state index contributed by atoms with van der Waals surface area (Å²) in [6.45, 7) is 8.00. The second-order valence-corrected chi connectivity index (χ2v) is 8.29. The molecule has 2 aliphatic heterocycles. The van der Waals surface area contributed by atoms with Gasteiger partial charge in [0.1, 0.15) is 0 Å². The van der Waals surface area contributed by atoms with Crippen LogP contribution in [0.1, 0.15) is 22.7 Å². The Morgan fingerprint density at radius 3 is 2.81 bits per heavy atom. The minimum absolute atomic E-state index is 0.185. The number of rotatable bonds is 3. The zero-order valence-corrected chi connectivity index (χ0v) is 16.0. The van der Waals surface area contributed by atoms with Gasteiger partial charge in [-0.15, -0.1) is 11.3 Å². The van der Waals surface area contributed by atoms with Crippen molar-refractivity contribution in [3.63, 3.8) is 0 Å². The summed E-state index contributed by atoms with van der Waals surface area (Å²) in [5.74, 6) is 0.922. The molecular weight excluding hydrogens is 350 g/mol. The molecule has 138 valence electrons. The van der Waals surface area contributed by atoms with Crippen molar-refractivity contribution in [2.45, 2.75) is 26.8 Å². The van der Waals surface area contributed by atoms with Crippen LogP contribution in [0, 0.1) is 19.3 Å². The minimum atomic E-state index is -0.209. The van der Waals surface area contributed by atoms with Crippen molar-refractivity contribution >= 4 is 23.2 Å². The van der Waals surface area contributed by atoms with E-state index in [0.29, 0.717) is 32.7 Å². The van der Waals surface area contributed by atoms with Gasteiger partial charge in [-0.3, -0.25) is 9.78 Å². The van der Waals surface area contributed by atoms with Crippen molar-refractivity contribution in [1.82, 2.24) is 19.9 Å². The molecule has 1 spiro atoms.